The summed E-state index contributed by atoms with van der Waals surface area (Å²) < 4.78 is 11.4. The van der Waals surface area contributed by atoms with Crippen LogP contribution in [0, 0.1) is 0 Å². The molecule has 0 radical (unpaired) electrons. The van der Waals surface area contributed by atoms with Gasteiger partial charge in [0.1, 0.15) is 23.9 Å². The predicted molar refractivity (Wildman–Crippen MR) is 139 cm³/mol. The standard InChI is InChI=1S/C26H31N7O2/c1-4-33(5-2)14-15-35-21-12-10-20(11-13-21)30-26-27-18-22(19-16-28-29-17-19)25(32-26)31-23-8-6-7-9-24(23)34-3/h6-13,16-18H,4-5,14-15H2,1-3H3,(H,28,29)(H2,27,30,31,32). The first-order valence-corrected chi connectivity index (χ1v) is 11.7. The summed E-state index contributed by atoms with van der Waals surface area (Å²) in [6, 6.07) is 15.5. The highest BCUT2D eigenvalue weighted by Gasteiger charge is 2.13. The van der Waals surface area contributed by atoms with E-state index in [1.807, 2.05) is 48.5 Å². The minimum absolute atomic E-state index is 0.463. The number of nitrogens with zero attached hydrogens (tertiary/aromatic N) is 4. The molecule has 2 heterocycles. The van der Waals surface area contributed by atoms with Gasteiger partial charge in [-0.1, -0.05) is 26.0 Å². The lowest BCUT2D eigenvalue weighted by Gasteiger charge is -2.18. The summed E-state index contributed by atoms with van der Waals surface area (Å²) in [5, 5.41) is 13.5. The van der Waals surface area contributed by atoms with Gasteiger partial charge in [-0.15, -0.1) is 0 Å². The van der Waals surface area contributed by atoms with E-state index < -0.39 is 0 Å². The lowest BCUT2D eigenvalue weighted by Crippen LogP contribution is -2.27. The average molecular weight is 474 g/mol. The molecule has 4 rings (SSSR count). The zero-order chi connectivity index (χ0) is 24.5. The molecule has 0 amide bonds. The van der Waals surface area contributed by atoms with E-state index in [-0.39, 0.29) is 0 Å². The summed E-state index contributed by atoms with van der Waals surface area (Å²) in [7, 11) is 1.64. The van der Waals surface area contributed by atoms with Crippen LogP contribution in [-0.4, -0.2) is 58.4 Å². The topological polar surface area (TPSA) is 100 Å². The van der Waals surface area contributed by atoms with Crippen LogP contribution in [0.4, 0.5) is 23.1 Å². The van der Waals surface area contributed by atoms with E-state index in [1.54, 1.807) is 25.7 Å². The average Bonchev–Trinajstić information content (AvgIpc) is 3.43. The summed E-state index contributed by atoms with van der Waals surface area (Å²) >= 11 is 0. The van der Waals surface area contributed by atoms with E-state index in [0.29, 0.717) is 18.4 Å². The minimum atomic E-state index is 0.463. The molecule has 0 fully saturated rings. The van der Waals surface area contributed by atoms with Crippen LogP contribution in [0.25, 0.3) is 11.1 Å². The number of methoxy groups -OCH3 is 1. The van der Waals surface area contributed by atoms with Gasteiger partial charge in [0.05, 0.1) is 19.0 Å². The van der Waals surface area contributed by atoms with E-state index >= 15 is 0 Å². The van der Waals surface area contributed by atoms with E-state index in [1.165, 1.54) is 0 Å². The van der Waals surface area contributed by atoms with Crippen molar-refractivity contribution in [3.63, 3.8) is 0 Å². The number of benzene rings is 2. The third-order valence-corrected chi connectivity index (χ3v) is 5.64. The fourth-order valence-corrected chi connectivity index (χ4v) is 3.62. The molecule has 3 N–H and O–H groups in total. The van der Waals surface area contributed by atoms with Crippen LogP contribution in [-0.2, 0) is 0 Å². The van der Waals surface area contributed by atoms with E-state index in [2.05, 4.69) is 44.6 Å². The van der Waals surface area contributed by atoms with Gasteiger partial charge in [-0.25, -0.2) is 4.98 Å². The second kappa shape index (κ2) is 11.8. The molecular formula is C26H31N7O2. The maximum Gasteiger partial charge on any atom is 0.229 e. The van der Waals surface area contributed by atoms with Gasteiger partial charge in [-0.05, 0) is 49.5 Å². The van der Waals surface area contributed by atoms with Gasteiger partial charge in [0.2, 0.25) is 5.95 Å². The lowest BCUT2D eigenvalue weighted by atomic mass is 10.1. The third kappa shape index (κ3) is 6.27. The molecule has 35 heavy (non-hydrogen) atoms. The number of anilines is 4. The molecule has 0 aliphatic heterocycles. The van der Waals surface area contributed by atoms with Gasteiger partial charge in [-0.2, -0.15) is 10.1 Å². The van der Waals surface area contributed by atoms with Crippen molar-refractivity contribution in [3.05, 3.63) is 67.1 Å². The van der Waals surface area contributed by atoms with Gasteiger partial charge in [-0.3, -0.25) is 5.10 Å². The number of aromatic nitrogens is 4. The van der Waals surface area contributed by atoms with Crippen LogP contribution >= 0.6 is 0 Å². The van der Waals surface area contributed by atoms with Crippen molar-refractivity contribution in [2.45, 2.75) is 13.8 Å². The Hall–Kier alpha value is -4.11. The summed E-state index contributed by atoms with van der Waals surface area (Å²) in [6.07, 6.45) is 5.30. The van der Waals surface area contributed by atoms with Crippen molar-refractivity contribution in [2.75, 3.05) is 44.0 Å². The number of nitrogens with one attached hydrogen (secondary N) is 3. The number of para-hydroxylation sites is 2. The van der Waals surface area contributed by atoms with Gasteiger partial charge >= 0.3 is 0 Å². The Kier molecular flexibility index (Phi) is 8.13. The molecule has 0 aliphatic rings. The van der Waals surface area contributed by atoms with Crippen molar-refractivity contribution in [3.8, 4) is 22.6 Å². The van der Waals surface area contributed by atoms with Crippen LogP contribution in [0.2, 0.25) is 0 Å². The molecule has 0 saturated carbocycles. The molecule has 2 aromatic heterocycles. The molecular weight excluding hydrogens is 442 g/mol. The predicted octanol–water partition coefficient (Wildman–Crippen LogP) is 5.08. The first kappa shape index (κ1) is 24.0. The van der Waals surface area contributed by atoms with Gasteiger partial charge in [0, 0.05) is 35.8 Å². The van der Waals surface area contributed by atoms with Crippen LogP contribution in [0.15, 0.2) is 67.1 Å². The molecule has 0 atom stereocenters. The Bertz CT molecular complexity index is 1190. The Labute approximate surface area is 205 Å². The number of H-pyrrole nitrogens is 1. The Morgan fingerprint density at radius 3 is 2.49 bits per heavy atom. The highest BCUT2D eigenvalue weighted by molar-refractivity contribution is 5.79. The molecule has 0 spiro atoms. The molecule has 0 bridgehead atoms. The largest absolute Gasteiger partial charge is 0.495 e. The number of hydrogen-bond donors (Lipinski definition) is 3. The van der Waals surface area contributed by atoms with Crippen LogP contribution in [0.1, 0.15) is 13.8 Å². The molecule has 4 aromatic rings. The highest BCUT2D eigenvalue weighted by atomic mass is 16.5. The minimum Gasteiger partial charge on any atom is -0.495 e. The van der Waals surface area contributed by atoms with Crippen molar-refractivity contribution in [2.24, 2.45) is 0 Å². The second-order valence-corrected chi connectivity index (χ2v) is 7.79. The molecule has 0 aliphatic carbocycles. The maximum atomic E-state index is 5.88. The summed E-state index contributed by atoms with van der Waals surface area (Å²) in [5.74, 6) is 2.64. The number of hydrogen-bond acceptors (Lipinski definition) is 8. The summed E-state index contributed by atoms with van der Waals surface area (Å²) in [4.78, 5) is 11.6. The van der Waals surface area contributed by atoms with Gasteiger partial charge < -0.3 is 25.0 Å². The smallest absolute Gasteiger partial charge is 0.229 e. The number of aromatic amines is 1. The first-order valence-electron chi connectivity index (χ1n) is 11.7. The fraction of sp³-hybridized carbons (Fsp3) is 0.269. The zero-order valence-corrected chi connectivity index (χ0v) is 20.3. The fourth-order valence-electron chi connectivity index (χ4n) is 3.62. The first-order chi connectivity index (χ1) is 17.2. The second-order valence-electron chi connectivity index (χ2n) is 7.79. The SMILES string of the molecule is CCN(CC)CCOc1ccc(Nc2ncc(-c3cn[nH]c3)c(Nc3ccccc3OC)n2)cc1. The van der Waals surface area contributed by atoms with Crippen molar-refractivity contribution >= 4 is 23.1 Å². The van der Waals surface area contributed by atoms with Crippen molar-refractivity contribution < 1.29 is 9.47 Å². The summed E-state index contributed by atoms with van der Waals surface area (Å²) in [5.41, 5.74) is 3.35. The monoisotopic (exact) mass is 473 g/mol. The number of ether oxygens (including phenoxy) is 2. The van der Waals surface area contributed by atoms with Crippen LogP contribution in [0.3, 0.4) is 0 Å². The maximum absolute atomic E-state index is 5.88. The van der Waals surface area contributed by atoms with E-state index in [4.69, 9.17) is 14.5 Å². The number of rotatable bonds is 12. The molecule has 9 heteroatoms. The van der Waals surface area contributed by atoms with Crippen LogP contribution < -0.4 is 20.1 Å². The number of likely N-dealkylation sites (N-methyl/N-ethyl adjacent to an activating group) is 1. The molecule has 0 unspecified atom stereocenters. The Balaban J connectivity index is 1.50. The lowest BCUT2D eigenvalue weighted by molar-refractivity contribution is 0.223. The summed E-state index contributed by atoms with van der Waals surface area (Å²) in [6.45, 7) is 7.93. The molecule has 0 saturated heterocycles. The molecule has 182 valence electrons. The van der Waals surface area contributed by atoms with Gasteiger partial charge in [0.15, 0.2) is 0 Å². The quantitative estimate of drug-likeness (QED) is 0.262. The van der Waals surface area contributed by atoms with Gasteiger partial charge in [0.25, 0.3) is 0 Å². The Morgan fingerprint density at radius 2 is 1.77 bits per heavy atom. The zero-order valence-electron chi connectivity index (χ0n) is 20.3. The van der Waals surface area contributed by atoms with Crippen molar-refractivity contribution in [1.82, 2.24) is 25.1 Å². The molecule has 9 nitrogen and oxygen atoms in total. The highest BCUT2D eigenvalue weighted by Crippen LogP contribution is 2.32. The van der Waals surface area contributed by atoms with Crippen molar-refractivity contribution in [1.29, 1.82) is 0 Å². The Morgan fingerprint density at radius 1 is 0.971 bits per heavy atom. The normalized spacial score (nSPS) is 10.9. The van der Waals surface area contributed by atoms with E-state index in [9.17, 15) is 0 Å². The van der Waals surface area contributed by atoms with E-state index in [0.717, 1.165) is 53.6 Å². The third-order valence-electron chi connectivity index (χ3n) is 5.64. The van der Waals surface area contributed by atoms with Crippen LogP contribution in [0.5, 0.6) is 11.5 Å². The molecule has 2 aromatic carbocycles.